The van der Waals surface area contributed by atoms with Gasteiger partial charge in [-0.05, 0) is 39.5 Å². The molecule has 1 saturated heterocycles. The van der Waals surface area contributed by atoms with Gasteiger partial charge in [0.15, 0.2) is 0 Å². The van der Waals surface area contributed by atoms with Gasteiger partial charge in [-0.1, -0.05) is 13.3 Å². The molecule has 0 saturated carbocycles. The van der Waals surface area contributed by atoms with Crippen molar-refractivity contribution in [3.63, 3.8) is 0 Å². The summed E-state index contributed by atoms with van der Waals surface area (Å²) in [7, 11) is 0. The molecule has 7 nitrogen and oxygen atoms in total. The van der Waals surface area contributed by atoms with Gasteiger partial charge in [0.1, 0.15) is 0 Å². The first kappa shape index (κ1) is 15.8. The molecule has 0 unspecified atom stereocenters. The predicted molar refractivity (Wildman–Crippen MR) is 86.3 cm³/mol. The second-order valence-corrected chi connectivity index (χ2v) is 6.23. The zero-order valence-electron chi connectivity index (χ0n) is 13.3. The van der Waals surface area contributed by atoms with Crippen LogP contribution in [0.1, 0.15) is 52.9 Å². The quantitative estimate of drug-likeness (QED) is 0.546. The summed E-state index contributed by atoms with van der Waals surface area (Å²) in [5.41, 5.74) is 2.48. The fourth-order valence-corrected chi connectivity index (χ4v) is 2.71. The van der Waals surface area contributed by atoms with Crippen LogP contribution >= 0.6 is 0 Å². The Morgan fingerprint density at radius 1 is 1.10 bits per heavy atom. The Bertz CT molecular complexity index is 455. The van der Waals surface area contributed by atoms with Crippen molar-refractivity contribution in [1.82, 2.24) is 15.0 Å². The van der Waals surface area contributed by atoms with E-state index < -0.39 is 0 Å². The van der Waals surface area contributed by atoms with Gasteiger partial charge in [0.2, 0.25) is 17.8 Å². The van der Waals surface area contributed by atoms with Crippen LogP contribution < -0.4 is 21.5 Å². The molecule has 0 spiro atoms. The van der Waals surface area contributed by atoms with Crippen LogP contribution in [0.15, 0.2) is 0 Å². The Labute approximate surface area is 126 Å². The van der Waals surface area contributed by atoms with E-state index in [1.54, 1.807) is 0 Å². The van der Waals surface area contributed by atoms with Crippen LogP contribution in [0.25, 0.3) is 0 Å². The maximum atomic E-state index is 5.49. The van der Waals surface area contributed by atoms with Crippen molar-refractivity contribution in [3.8, 4) is 0 Å². The molecule has 7 heteroatoms. The van der Waals surface area contributed by atoms with Crippen molar-refractivity contribution in [2.75, 3.05) is 28.7 Å². The lowest BCUT2D eigenvalue weighted by atomic mass is 9.99. The van der Waals surface area contributed by atoms with Crippen LogP contribution in [0.3, 0.4) is 0 Å². The van der Waals surface area contributed by atoms with Gasteiger partial charge in [0.05, 0.1) is 0 Å². The molecule has 0 amide bonds. The monoisotopic (exact) mass is 293 g/mol. The van der Waals surface area contributed by atoms with E-state index >= 15 is 0 Å². The summed E-state index contributed by atoms with van der Waals surface area (Å²) in [5.74, 6) is 7.18. The summed E-state index contributed by atoms with van der Waals surface area (Å²) in [5, 5.41) is 3.39. The molecule has 1 fully saturated rings. The van der Waals surface area contributed by atoms with Crippen LogP contribution in [-0.4, -0.2) is 33.6 Å². The summed E-state index contributed by atoms with van der Waals surface area (Å²) in [6.07, 6.45) is 5.79. The minimum Gasteiger partial charge on any atom is -0.349 e. The molecule has 1 aliphatic rings. The highest BCUT2D eigenvalue weighted by Gasteiger charge is 2.20. The first-order valence-electron chi connectivity index (χ1n) is 7.80. The Balaban J connectivity index is 2.20. The number of hydrogen-bond acceptors (Lipinski definition) is 7. The number of nitrogens with one attached hydrogen (secondary N) is 2. The summed E-state index contributed by atoms with van der Waals surface area (Å²) in [6, 6.07) is 0. The van der Waals surface area contributed by atoms with E-state index in [4.69, 9.17) is 5.84 Å². The fourth-order valence-electron chi connectivity index (χ4n) is 2.71. The number of aromatic nitrogens is 3. The van der Waals surface area contributed by atoms with E-state index in [-0.39, 0.29) is 5.54 Å². The number of piperidine rings is 1. The molecular formula is C14H27N7. The first-order valence-corrected chi connectivity index (χ1v) is 7.80. The van der Waals surface area contributed by atoms with E-state index in [0.29, 0.717) is 17.8 Å². The molecule has 1 aliphatic heterocycles. The van der Waals surface area contributed by atoms with Gasteiger partial charge < -0.3 is 10.2 Å². The smallest absolute Gasteiger partial charge is 0.243 e. The Morgan fingerprint density at radius 3 is 2.38 bits per heavy atom. The third-order valence-corrected chi connectivity index (χ3v) is 3.72. The highest BCUT2D eigenvalue weighted by Crippen LogP contribution is 2.21. The van der Waals surface area contributed by atoms with Gasteiger partial charge in [0.25, 0.3) is 0 Å². The van der Waals surface area contributed by atoms with Gasteiger partial charge in [-0.3, -0.25) is 5.43 Å². The SMILES string of the molecule is CCCC(C)(C)Nc1nc(NN)nc(N2CCCCC2)n1. The third kappa shape index (κ3) is 4.42. The van der Waals surface area contributed by atoms with Crippen LogP contribution in [-0.2, 0) is 0 Å². The zero-order valence-corrected chi connectivity index (χ0v) is 13.3. The third-order valence-electron chi connectivity index (χ3n) is 3.72. The molecular weight excluding hydrogens is 266 g/mol. The lowest BCUT2D eigenvalue weighted by molar-refractivity contribution is 0.506. The number of nitrogens with zero attached hydrogens (tertiary/aromatic N) is 4. The second kappa shape index (κ2) is 6.89. The van der Waals surface area contributed by atoms with Crippen molar-refractivity contribution in [1.29, 1.82) is 0 Å². The average molecular weight is 293 g/mol. The molecule has 1 aromatic rings. The number of rotatable bonds is 6. The van der Waals surface area contributed by atoms with Gasteiger partial charge >= 0.3 is 0 Å². The minimum absolute atomic E-state index is 0.0544. The summed E-state index contributed by atoms with van der Waals surface area (Å²) in [4.78, 5) is 15.5. The molecule has 0 aromatic carbocycles. The molecule has 118 valence electrons. The molecule has 0 bridgehead atoms. The molecule has 0 radical (unpaired) electrons. The summed E-state index contributed by atoms with van der Waals surface area (Å²) in [6.45, 7) is 8.45. The van der Waals surface area contributed by atoms with Gasteiger partial charge in [-0.15, -0.1) is 0 Å². The maximum Gasteiger partial charge on any atom is 0.243 e. The highest BCUT2D eigenvalue weighted by atomic mass is 15.4. The van der Waals surface area contributed by atoms with E-state index in [1.165, 1.54) is 19.3 Å². The molecule has 1 aromatic heterocycles. The molecule has 4 N–H and O–H groups in total. The number of hydrogen-bond donors (Lipinski definition) is 3. The normalized spacial score (nSPS) is 15.9. The molecule has 0 atom stereocenters. The number of hydrazine groups is 1. The highest BCUT2D eigenvalue weighted by molar-refractivity contribution is 5.44. The van der Waals surface area contributed by atoms with Crippen molar-refractivity contribution < 1.29 is 0 Å². The van der Waals surface area contributed by atoms with Crippen LogP contribution in [0.4, 0.5) is 17.8 Å². The van der Waals surface area contributed by atoms with E-state index in [9.17, 15) is 0 Å². The lowest BCUT2D eigenvalue weighted by Gasteiger charge is -2.29. The lowest BCUT2D eigenvalue weighted by Crippen LogP contribution is -2.34. The number of nitrogens with two attached hydrogens (primary N) is 1. The van der Waals surface area contributed by atoms with Gasteiger partial charge in [-0.25, -0.2) is 5.84 Å². The molecule has 2 rings (SSSR count). The average Bonchev–Trinajstić information content (AvgIpc) is 2.47. The summed E-state index contributed by atoms with van der Waals surface area (Å²) < 4.78 is 0. The van der Waals surface area contributed by atoms with E-state index in [0.717, 1.165) is 25.9 Å². The minimum atomic E-state index is -0.0544. The van der Waals surface area contributed by atoms with E-state index in [2.05, 4.69) is 51.4 Å². The first-order chi connectivity index (χ1) is 10.0. The van der Waals surface area contributed by atoms with E-state index in [1.807, 2.05) is 0 Å². The Morgan fingerprint density at radius 2 is 1.76 bits per heavy atom. The van der Waals surface area contributed by atoms with Crippen LogP contribution in [0, 0.1) is 0 Å². The van der Waals surface area contributed by atoms with Gasteiger partial charge in [-0.2, -0.15) is 15.0 Å². The van der Waals surface area contributed by atoms with Crippen molar-refractivity contribution in [2.24, 2.45) is 5.84 Å². The second-order valence-electron chi connectivity index (χ2n) is 6.23. The largest absolute Gasteiger partial charge is 0.349 e. The maximum absolute atomic E-state index is 5.49. The summed E-state index contributed by atoms with van der Waals surface area (Å²) >= 11 is 0. The fraction of sp³-hybridized carbons (Fsp3) is 0.786. The van der Waals surface area contributed by atoms with Crippen LogP contribution in [0.5, 0.6) is 0 Å². The van der Waals surface area contributed by atoms with Crippen molar-refractivity contribution >= 4 is 17.8 Å². The van der Waals surface area contributed by atoms with Crippen LogP contribution in [0.2, 0.25) is 0 Å². The predicted octanol–water partition coefficient (Wildman–Crippen LogP) is 2.14. The standard InChI is InChI=1S/C14H27N7/c1-4-8-14(2,3)19-11-16-12(20-15)18-13(17-11)21-9-6-5-7-10-21/h4-10,15H2,1-3H3,(H2,16,17,18,19,20). The Kier molecular flexibility index (Phi) is 5.17. The Hall–Kier alpha value is -1.63. The zero-order chi connectivity index (χ0) is 15.3. The number of anilines is 3. The number of nitrogen functional groups attached to an aromatic ring is 1. The molecule has 0 aliphatic carbocycles. The van der Waals surface area contributed by atoms with Gasteiger partial charge in [0, 0.05) is 18.6 Å². The van der Waals surface area contributed by atoms with Crippen molar-refractivity contribution in [2.45, 2.75) is 58.4 Å². The topological polar surface area (TPSA) is 92.0 Å². The molecule has 2 heterocycles. The molecule has 21 heavy (non-hydrogen) atoms. The van der Waals surface area contributed by atoms with Crippen molar-refractivity contribution in [3.05, 3.63) is 0 Å².